The highest BCUT2D eigenvalue weighted by atomic mass is 16.3. The van der Waals surface area contributed by atoms with Gasteiger partial charge < -0.3 is 0 Å². The van der Waals surface area contributed by atoms with Crippen LogP contribution in [0.2, 0.25) is 0 Å². The molecule has 1 heterocycles. The Morgan fingerprint density at radius 3 is 2.28 bits per heavy atom. The van der Waals surface area contributed by atoms with E-state index in [-0.39, 0.29) is 0 Å². The lowest BCUT2D eigenvalue weighted by Gasteiger charge is -2.34. The van der Waals surface area contributed by atoms with Crippen molar-refractivity contribution >= 4 is 5.71 Å². The van der Waals surface area contributed by atoms with E-state index >= 15 is 0 Å². The SMILES string of the molecule is CC(C)=N/C=C(\C)CN1CCN(CCN=O)CC1. The number of nitroso groups, excluding NO2 is 1. The number of rotatable bonds is 6. The largest absolute Gasteiger partial charge is 0.299 e. The molecule has 0 spiro atoms. The van der Waals surface area contributed by atoms with E-state index < -0.39 is 0 Å². The average Bonchev–Trinajstić information content (AvgIpc) is 2.35. The maximum Gasteiger partial charge on any atom is 0.0938 e. The van der Waals surface area contributed by atoms with Crippen LogP contribution in [-0.2, 0) is 0 Å². The van der Waals surface area contributed by atoms with Gasteiger partial charge in [-0.15, -0.1) is 0 Å². The predicted octanol–water partition coefficient (Wildman–Crippen LogP) is 1.76. The number of piperazine rings is 1. The molecular weight excluding hydrogens is 228 g/mol. The maximum atomic E-state index is 10.1. The summed E-state index contributed by atoms with van der Waals surface area (Å²) < 4.78 is 0. The van der Waals surface area contributed by atoms with E-state index in [0.717, 1.165) is 45.0 Å². The first kappa shape index (κ1) is 15.0. The van der Waals surface area contributed by atoms with Crippen LogP contribution >= 0.6 is 0 Å². The van der Waals surface area contributed by atoms with Gasteiger partial charge >= 0.3 is 0 Å². The summed E-state index contributed by atoms with van der Waals surface area (Å²) in [5.41, 5.74) is 2.37. The van der Waals surface area contributed by atoms with Crippen LogP contribution in [0.5, 0.6) is 0 Å². The lowest BCUT2D eigenvalue weighted by Crippen LogP contribution is -2.47. The Morgan fingerprint density at radius 1 is 1.11 bits per heavy atom. The Labute approximate surface area is 110 Å². The molecule has 0 unspecified atom stereocenters. The summed E-state index contributed by atoms with van der Waals surface area (Å²) in [4.78, 5) is 19.1. The third-order valence-corrected chi connectivity index (χ3v) is 2.99. The van der Waals surface area contributed by atoms with Gasteiger partial charge in [-0.2, -0.15) is 4.91 Å². The van der Waals surface area contributed by atoms with E-state index in [1.165, 1.54) is 5.57 Å². The molecule has 0 saturated carbocycles. The van der Waals surface area contributed by atoms with Gasteiger partial charge in [-0.3, -0.25) is 14.8 Å². The molecule has 102 valence electrons. The molecule has 18 heavy (non-hydrogen) atoms. The van der Waals surface area contributed by atoms with Crippen molar-refractivity contribution in [1.82, 2.24) is 9.80 Å². The first-order valence-corrected chi connectivity index (χ1v) is 6.52. The number of hydrogen-bond donors (Lipinski definition) is 0. The van der Waals surface area contributed by atoms with Crippen molar-refractivity contribution < 1.29 is 0 Å². The lowest BCUT2D eigenvalue weighted by atomic mass is 10.2. The standard InChI is InChI=1S/C13H24N4O/c1-12(2)14-10-13(3)11-17-8-6-16(7-9-17)5-4-15-18/h10H,4-9,11H2,1-3H3/b13-10+. The van der Waals surface area contributed by atoms with Crippen LogP contribution < -0.4 is 0 Å². The Hall–Kier alpha value is -1.07. The first-order valence-electron chi connectivity index (χ1n) is 6.52. The monoisotopic (exact) mass is 252 g/mol. The van der Waals surface area contributed by atoms with E-state index in [2.05, 4.69) is 26.9 Å². The van der Waals surface area contributed by atoms with Crippen LogP contribution in [0.4, 0.5) is 0 Å². The second-order valence-electron chi connectivity index (χ2n) is 5.02. The van der Waals surface area contributed by atoms with Crippen molar-refractivity contribution in [3.63, 3.8) is 0 Å². The molecule has 1 aliphatic rings. The lowest BCUT2D eigenvalue weighted by molar-refractivity contribution is 0.143. The van der Waals surface area contributed by atoms with Crippen LogP contribution in [0, 0.1) is 4.91 Å². The van der Waals surface area contributed by atoms with Crippen LogP contribution in [0.1, 0.15) is 20.8 Å². The average molecular weight is 252 g/mol. The molecule has 5 nitrogen and oxygen atoms in total. The molecule has 1 rings (SSSR count). The molecule has 5 heteroatoms. The molecule has 0 bridgehead atoms. The van der Waals surface area contributed by atoms with Gasteiger partial charge in [0.2, 0.25) is 0 Å². The fourth-order valence-corrected chi connectivity index (χ4v) is 1.99. The Morgan fingerprint density at radius 2 is 1.72 bits per heavy atom. The van der Waals surface area contributed by atoms with Crippen molar-refractivity contribution in [3.05, 3.63) is 16.7 Å². The van der Waals surface area contributed by atoms with Gasteiger partial charge in [-0.05, 0) is 26.3 Å². The minimum absolute atomic E-state index is 0.406. The van der Waals surface area contributed by atoms with Crippen molar-refractivity contribution in [3.8, 4) is 0 Å². The third-order valence-electron chi connectivity index (χ3n) is 2.99. The van der Waals surface area contributed by atoms with Crippen LogP contribution in [0.15, 0.2) is 21.9 Å². The molecular formula is C13H24N4O. The molecule has 0 amide bonds. The smallest absolute Gasteiger partial charge is 0.0938 e. The quantitative estimate of drug-likeness (QED) is 0.534. The summed E-state index contributed by atoms with van der Waals surface area (Å²) >= 11 is 0. The Bertz CT molecular complexity index is 313. The zero-order valence-electron chi connectivity index (χ0n) is 11.7. The van der Waals surface area contributed by atoms with Crippen LogP contribution in [-0.4, -0.2) is 61.3 Å². The summed E-state index contributed by atoms with van der Waals surface area (Å²) in [5.74, 6) is 0. The molecule has 0 aromatic carbocycles. The minimum atomic E-state index is 0.406. The summed E-state index contributed by atoms with van der Waals surface area (Å²) in [7, 11) is 0. The molecule has 0 aromatic heterocycles. The van der Waals surface area contributed by atoms with Gasteiger partial charge in [0.05, 0.1) is 6.54 Å². The second-order valence-corrected chi connectivity index (χ2v) is 5.02. The molecule has 0 radical (unpaired) electrons. The topological polar surface area (TPSA) is 48.3 Å². The first-order chi connectivity index (χ1) is 8.61. The molecule has 0 atom stereocenters. The number of nitrogens with zero attached hydrogens (tertiary/aromatic N) is 4. The molecule has 0 N–H and O–H groups in total. The second kappa shape index (κ2) is 8.11. The highest BCUT2D eigenvalue weighted by Crippen LogP contribution is 2.05. The third kappa shape index (κ3) is 6.02. The van der Waals surface area contributed by atoms with Crippen LogP contribution in [0.25, 0.3) is 0 Å². The van der Waals surface area contributed by atoms with Crippen molar-refractivity contribution in [1.29, 1.82) is 0 Å². The summed E-state index contributed by atoms with van der Waals surface area (Å²) in [5, 5.41) is 2.91. The van der Waals surface area contributed by atoms with E-state index in [4.69, 9.17) is 0 Å². The maximum absolute atomic E-state index is 10.1. The van der Waals surface area contributed by atoms with Gasteiger partial charge in [0, 0.05) is 51.2 Å². The molecule has 0 aromatic rings. The van der Waals surface area contributed by atoms with Crippen molar-refractivity contribution in [2.24, 2.45) is 10.2 Å². The fourth-order valence-electron chi connectivity index (χ4n) is 1.99. The number of aliphatic imine (C=N–C) groups is 1. The molecule has 1 fully saturated rings. The normalized spacial score (nSPS) is 18.7. The van der Waals surface area contributed by atoms with Crippen LogP contribution in [0.3, 0.4) is 0 Å². The fraction of sp³-hybridized carbons (Fsp3) is 0.769. The van der Waals surface area contributed by atoms with Gasteiger partial charge in [0.25, 0.3) is 0 Å². The van der Waals surface area contributed by atoms with E-state index in [9.17, 15) is 4.91 Å². The minimum Gasteiger partial charge on any atom is -0.299 e. The van der Waals surface area contributed by atoms with E-state index in [1.807, 2.05) is 20.0 Å². The van der Waals surface area contributed by atoms with Gasteiger partial charge in [0.1, 0.15) is 0 Å². The Balaban J connectivity index is 2.28. The predicted molar refractivity (Wildman–Crippen MR) is 76.1 cm³/mol. The summed E-state index contributed by atoms with van der Waals surface area (Å²) in [6.07, 6.45) is 1.96. The molecule has 1 saturated heterocycles. The van der Waals surface area contributed by atoms with E-state index in [0.29, 0.717) is 6.54 Å². The van der Waals surface area contributed by atoms with Gasteiger partial charge in [-0.25, -0.2) is 0 Å². The molecule has 1 aliphatic heterocycles. The van der Waals surface area contributed by atoms with Crippen molar-refractivity contribution in [2.45, 2.75) is 20.8 Å². The zero-order chi connectivity index (χ0) is 13.4. The van der Waals surface area contributed by atoms with Gasteiger partial charge in [-0.1, -0.05) is 5.18 Å². The Kier molecular flexibility index (Phi) is 6.75. The zero-order valence-corrected chi connectivity index (χ0v) is 11.7. The van der Waals surface area contributed by atoms with E-state index in [1.54, 1.807) is 0 Å². The molecule has 0 aliphatic carbocycles. The summed E-state index contributed by atoms with van der Waals surface area (Å²) in [6.45, 7) is 12.5. The van der Waals surface area contributed by atoms with Gasteiger partial charge in [0.15, 0.2) is 0 Å². The highest BCUT2D eigenvalue weighted by molar-refractivity contribution is 5.79. The van der Waals surface area contributed by atoms with Crippen molar-refractivity contribution in [2.75, 3.05) is 45.8 Å². The highest BCUT2D eigenvalue weighted by Gasteiger charge is 2.16. The summed E-state index contributed by atoms with van der Waals surface area (Å²) in [6, 6.07) is 0. The number of hydrogen-bond acceptors (Lipinski definition) is 5.